The molecule has 2 rings (SSSR count). The SMILES string of the molecule is CCCCCNC(=O)c1cc(NCc2ccco2)nc(C)n1. The second-order valence-corrected chi connectivity index (χ2v) is 5.08. The number of unbranched alkanes of at least 4 members (excludes halogenated alkanes) is 2. The van der Waals surface area contributed by atoms with E-state index in [1.54, 1.807) is 19.3 Å². The number of nitrogens with zero attached hydrogens (tertiary/aromatic N) is 2. The third-order valence-corrected chi connectivity index (χ3v) is 3.16. The average Bonchev–Trinajstić information content (AvgIpc) is 3.02. The Bertz CT molecular complexity index is 596. The van der Waals surface area contributed by atoms with Crippen LogP contribution in [0.4, 0.5) is 5.82 Å². The second kappa shape index (κ2) is 8.17. The standard InChI is InChI=1S/C16H22N4O2/c1-3-4-5-8-17-16(21)14-10-15(20-12(2)19-14)18-11-13-7-6-9-22-13/h6-7,9-10H,3-5,8,11H2,1-2H3,(H,17,21)(H,18,19,20). The van der Waals surface area contributed by atoms with Crippen LogP contribution in [0.15, 0.2) is 28.9 Å². The minimum absolute atomic E-state index is 0.164. The van der Waals surface area contributed by atoms with Gasteiger partial charge in [-0.2, -0.15) is 0 Å². The smallest absolute Gasteiger partial charge is 0.270 e. The molecule has 2 N–H and O–H groups in total. The normalized spacial score (nSPS) is 10.5. The first-order valence-corrected chi connectivity index (χ1v) is 7.59. The molecule has 2 heterocycles. The molecular formula is C16H22N4O2. The highest BCUT2D eigenvalue weighted by atomic mass is 16.3. The molecule has 6 nitrogen and oxygen atoms in total. The van der Waals surface area contributed by atoms with Crippen molar-refractivity contribution in [3.8, 4) is 0 Å². The maximum Gasteiger partial charge on any atom is 0.270 e. The number of carbonyl (C=O) groups is 1. The largest absolute Gasteiger partial charge is 0.467 e. The molecule has 0 aromatic carbocycles. The highest BCUT2D eigenvalue weighted by molar-refractivity contribution is 5.92. The number of aromatic nitrogens is 2. The number of aryl methyl sites for hydroxylation is 1. The Morgan fingerprint density at radius 3 is 2.91 bits per heavy atom. The first kappa shape index (κ1) is 16.0. The molecule has 0 saturated carbocycles. The van der Waals surface area contributed by atoms with Crippen LogP contribution >= 0.6 is 0 Å². The number of carbonyl (C=O) groups excluding carboxylic acids is 1. The van der Waals surface area contributed by atoms with Gasteiger partial charge in [0.25, 0.3) is 5.91 Å². The van der Waals surface area contributed by atoms with Crippen molar-refractivity contribution in [2.45, 2.75) is 39.7 Å². The lowest BCUT2D eigenvalue weighted by Crippen LogP contribution is -2.26. The van der Waals surface area contributed by atoms with Crippen molar-refractivity contribution in [2.75, 3.05) is 11.9 Å². The van der Waals surface area contributed by atoms with Crippen LogP contribution in [-0.4, -0.2) is 22.4 Å². The number of amides is 1. The summed E-state index contributed by atoms with van der Waals surface area (Å²) in [6.45, 7) is 5.09. The summed E-state index contributed by atoms with van der Waals surface area (Å²) in [5, 5.41) is 6.02. The Hall–Kier alpha value is -2.37. The van der Waals surface area contributed by atoms with Crippen molar-refractivity contribution in [2.24, 2.45) is 0 Å². The summed E-state index contributed by atoms with van der Waals surface area (Å²) in [6, 6.07) is 5.37. The topological polar surface area (TPSA) is 80.0 Å². The molecule has 1 amide bonds. The number of hydrogen-bond acceptors (Lipinski definition) is 5. The highest BCUT2D eigenvalue weighted by Crippen LogP contribution is 2.09. The van der Waals surface area contributed by atoms with E-state index in [0.29, 0.717) is 30.4 Å². The lowest BCUT2D eigenvalue weighted by Gasteiger charge is -2.08. The van der Waals surface area contributed by atoms with Crippen LogP contribution in [0.1, 0.15) is 48.3 Å². The number of nitrogens with one attached hydrogen (secondary N) is 2. The van der Waals surface area contributed by atoms with Crippen LogP contribution in [-0.2, 0) is 6.54 Å². The van der Waals surface area contributed by atoms with E-state index in [1.165, 1.54) is 0 Å². The van der Waals surface area contributed by atoms with Crippen LogP contribution in [0.2, 0.25) is 0 Å². The lowest BCUT2D eigenvalue weighted by atomic mass is 10.2. The van der Waals surface area contributed by atoms with Crippen LogP contribution in [0.5, 0.6) is 0 Å². The fourth-order valence-electron chi connectivity index (χ4n) is 2.03. The predicted octanol–water partition coefficient (Wildman–Crippen LogP) is 2.91. The van der Waals surface area contributed by atoms with E-state index in [4.69, 9.17) is 4.42 Å². The van der Waals surface area contributed by atoms with Gasteiger partial charge in [0.05, 0.1) is 12.8 Å². The zero-order valence-corrected chi connectivity index (χ0v) is 13.1. The Kier molecular flexibility index (Phi) is 5.94. The molecule has 0 aliphatic carbocycles. The molecule has 0 bridgehead atoms. The molecule has 0 unspecified atom stereocenters. The monoisotopic (exact) mass is 302 g/mol. The quantitative estimate of drug-likeness (QED) is 0.733. The van der Waals surface area contributed by atoms with E-state index in [2.05, 4.69) is 27.5 Å². The maximum absolute atomic E-state index is 12.1. The Morgan fingerprint density at radius 2 is 2.18 bits per heavy atom. The summed E-state index contributed by atoms with van der Waals surface area (Å²) in [7, 11) is 0. The maximum atomic E-state index is 12.1. The van der Waals surface area contributed by atoms with Gasteiger partial charge in [0.1, 0.15) is 23.1 Å². The molecule has 0 spiro atoms. The fourth-order valence-corrected chi connectivity index (χ4v) is 2.03. The summed E-state index contributed by atoms with van der Waals surface area (Å²) < 4.78 is 5.25. The van der Waals surface area contributed by atoms with Gasteiger partial charge in [-0.3, -0.25) is 4.79 Å². The van der Waals surface area contributed by atoms with Crippen LogP contribution in [0.3, 0.4) is 0 Å². The minimum atomic E-state index is -0.164. The predicted molar refractivity (Wildman–Crippen MR) is 84.7 cm³/mol. The van der Waals surface area contributed by atoms with E-state index in [-0.39, 0.29) is 5.91 Å². The Labute approximate surface area is 130 Å². The van der Waals surface area contributed by atoms with Crippen molar-refractivity contribution in [1.82, 2.24) is 15.3 Å². The molecule has 0 radical (unpaired) electrons. The van der Waals surface area contributed by atoms with Crippen LogP contribution in [0, 0.1) is 6.92 Å². The molecule has 6 heteroatoms. The molecule has 0 fully saturated rings. The van der Waals surface area contributed by atoms with Crippen molar-refractivity contribution in [3.63, 3.8) is 0 Å². The number of hydrogen-bond donors (Lipinski definition) is 2. The summed E-state index contributed by atoms with van der Waals surface area (Å²) >= 11 is 0. The molecule has 22 heavy (non-hydrogen) atoms. The zero-order valence-electron chi connectivity index (χ0n) is 13.1. The van der Waals surface area contributed by atoms with Gasteiger partial charge in [-0.15, -0.1) is 0 Å². The number of rotatable bonds is 8. The van der Waals surface area contributed by atoms with Gasteiger partial charge in [-0.25, -0.2) is 9.97 Å². The summed E-state index contributed by atoms with van der Waals surface area (Å²) in [6.07, 6.45) is 4.84. The van der Waals surface area contributed by atoms with E-state index in [9.17, 15) is 4.79 Å². The van der Waals surface area contributed by atoms with Crippen LogP contribution < -0.4 is 10.6 Å². The molecule has 2 aromatic rings. The van der Waals surface area contributed by atoms with Gasteiger partial charge in [-0.1, -0.05) is 19.8 Å². The summed E-state index contributed by atoms with van der Waals surface area (Å²) in [4.78, 5) is 20.6. The Morgan fingerprint density at radius 1 is 1.32 bits per heavy atom. The van der Waals surface area contributed by atoms with Gasteiger partial charge in [0.15, 0.2) is 0 Å². The van der Waals surface area contributed by atoms with Crippen molar-refractivity contribution in [3.05, 3.63) is 41.7 Å². The fraction of sp³-hybridized carbons (Fsp3) is 0.438. The average molecular weight is 302 g/mol. The minimum Gasteiger partial charge on any atom is -0.467 e. The first-order chi connectivity index (χ1) is 10.7. The van der Waals surface area contributed by atoms with E-state index in [1.807, 2.05) is 12.1 Å². The van der Waals surface area contributed by atoms with Crippen molar-refractivity contribution in [1.29, 1.82) is 0 Å². The van der Waals surface area contributed by atoms with Gasteiger partial charge in [0.2, 0.25) is 0 Å². The van der Waals surface area contributed by atoms with Crippen LogP contribution in [0.25, 0.3) is 0 Å². The van der Waals surface area contributed by atoms with E-state index in [0.717, 1.165) is 25.0 Å². The lowest BCUT2D eigenvalue weighted by molar-refractivity contribution is 0.0947. The molecule has 0 atom stereocenters. The van der Waals surface area contributed by atoms with Crippen molar-refractivity contribution >= 4 is 11.7 Å². The molecule has 0 aliphatic rings. The number of furan rings is 1. The third kappa shape index (κ3) is 4.87. The summed E-state index contributed by atoms with van der Waals surface area (Å²) in [5.74, 6) is 1.82. The first-order valence-electron chi connectivity index (χ1n) is 7.59. The molecule has 2 aromatic heterocycles. The van der Waals surface area contributed by atoms with Gasteiger partial charge < -0.3 is 15.1 Å². The Balaban J connectivity index is 1.95. The van der Waals surface area contributed by atoms with Crippen molar-refractivity contribution < 1.29 is 9.21 Å². The second-order valence-electron chi connectivity index (χ2n) is 5.08. The van der Waals surface area contributed by atoms with E-state index >= 15 is 0 Å². The number of anilines is 1. The zero-order chi connectivity index (χ0) is 15.8. The van der Waals surface area contributed by atoms with Gasteiger partial charge in [-0.05, 0) is 25.5 Å². The molecule has 118 valence electrons. The summed E-state index contributed by atoms with van der Waals surface area (Å²) in [5.41, 5.74) is 0.381. The van der Waals surface area contributed by atoms with E-state index < -0.39 is 0 Å². The van der Waals surface area contributed by atoms with Gasteiger partial charge in [0, 0.05) is 12.6 Å². The molecule has 0 aliphatic heterocycles. The molecule has 0 saturated heterocycles. The highest BCUT2D eigenvalue weighted by Gasteiger charge is 2.10. The molecular weight excluding hydrogens is 280 g/mol. The third-order valence-electron chi connectivity index (χ3n) is 3.16. The van der Waals surface area contributed by atoms with Gasteiger partial charge >= 0.3 is 0 Å².